The highest BCUT2D eigenvalue weighted by molar-refractivity contribution is 6.29. The molecule has 6 nitrogen and oxygen atoms in total. The van der Waals surface area contributed by atoms with E-state index in [-0.39, 0.29) is 10.8 Å². The first kappa shape index (κ1) is 9.60. The van der Waals surface area contributed by atoms with Gasteiger partial charge in [0.15, 0.2) is 16.7 Å². The van der Waals surface area contributed by atoms with Crippen LogP contribution in [0, 0.1) is 0 Å². The van der Waals surface area contributed by atoms with Crippen molar-refractivity contribution in [2.45, 2.75) is 0 Å². The molecule has 7 heteroatoms. The molecule has 0 saturated carbocycles. The van der Waals surface area contributed by atoms with Crippen LogP contribution < -0.4 is 0 Å². The quantitative estimate of drug-likeness (QED) is 0.824. The van der Waals surface area contributed by atoms with E-state index in [1.807, 2.05) is 0 Å². The van der Waals surface area contributed by atoms with Crippen molar-refractivity contribution < 1.29 is 9.90 Å². The van der Waals surface area contributed by atoms with Crippen molar-refractivity contribution in [2.75, 3.05) is 0 Å². The van der Waals surface area contributed by atoms with Gasteiger partial charge < -0.3 is 5.11 Å². The topological polar surface area (TPSA) is 80.9 Å². The van der Waals surface area contributed by atoms with Crippen molar-refractivity contribution in [3.05, 3.63) is 35.2 Å². The number of carboxylic acid groups (broad SMARTS) is 1. The molecule has 0 radical (unpaired) electrons. The molecule has 0 unspecified atom stereocenters. The van der Waals surface area contributed by atoms with Gasteiger partial charge in [0.1, 0.15) is 0 Å². The van der Waals surface area contributed by atoms with Gasteiger partial charge >= 0.3 is 5.97 Å². The summed E-state index contributed by atoms with van der Waals surface area (Å²) in [5.41, 5.74) is -0.0493. The van der Waals surface area contributed by atoms with Crippen molar-refractivity contribution in [2.24, 2.45) is 0 Å². The average Bonchev–Trinajstić information content (AvgIpc) is 2.68. The van der Waals surface area contributed by atoms with E-state index in [1.165, 1.54) is 16.9 Å². The lowest BCUT2D eigenvalue weighted by Gasteiger charge is -1.97. The highest BCUT2D eigenvalue weighted by Gasteiger charge is 2.08. The van der Waals surface area contributed by atoms with E-state index in [0.717, 1.165) is 0 Å². The fourth-order valence-electron chi connectivity index (χ4n) is 0.997. The molecule has 0 fully saturated rings. The summed E-state index contributed by atoms with van der Waals surface area (Å²) in [6.45, 7) is 0. The molecule has 0 atom stereocenters. The molecule has 2 heterocycles. The number of rotatable bonds is 2. The summed E-state index contributed by atoms with van der Waals surface area (Å²) in [5, 5.41) is 20.1. The minimum absolute atomic E-state index is 0.0493. The molecule has 0 amide bonds. The largest absolute Gasteiger partial charge is 0.476 e. The number of halogens is 1. The number of hydrogen-bond donors (Lipinski definition) is 1. The Morgan fingerprint density at radius 2 is 2.13 bits per heavy atom. The number of aromatic nitrogens is 4. The Morgan fingerprint density at radius 1 is 1.33 bits per heavy atom. The van der Waals surface area contributed by atoms with Crippen LogP contribution in [0.25, 0.3) is 5.82 Å². The van der Waals surface area contributed by atoms with E-state index in [2.05, 4.69) is 15.3 Å². The summed E-state index contributed by atoms with van der Waals surface area (Å²) >= 11 is 5.56. The van der Waals surface area contributed by atoms with E-state index in [0.29, 0.717) is 5.82 Å². The van der Waals surface area contributed by atoms with Gasteiger partial charge in [0.2, 0.25) is 0 Å². The molecule has 0 aromatic carbocycles. The lowest BCUT2D eigenvalue weighted by atomic mass is 10.5. The van der Waals surface area contributed by atoms with Crippen molar-refractivity contribution in [3.8, 4) is 5.82 Å². The summed E-state index contributed by atoms with van der Waals surface area (Å²) in [6, 6.07) is 4.51. The molecule has 0 aliphatic rings. The highest BCUT2D eigenvalue weighted by Crippen LogP contribution is 2.06. The molecule has 2 aromatic heterocycles. The molecule has 0 aliphatic heterocycles. The molecule has 1 N–H and O–H groups in total. The van der Waals surface area contributed by atoms with Crippen LogP contribution in [-0.4, -0.2) is 31.1 Å². The van der Waals surface area contributed by atoms with Crippen LogP contribution >= 0.6 is 11.6 Å². The lowest BCUT2D eigenvalue weighted by Crippen LogP contribution is -2.03. The highest BCUT2D eigenvalue weighted by atomic mass is 35.5. The summed E-state index contributed by atoms with van der Waals surface area (Å²) in [7, 11) is 0. The van der Waals surface area contributed by atoms with Crippen LogP contribution in [0.3, 0.4) is 0 Å². The maximum atomic E-state index is 10.6. The lowest BCUT2D eigenvalue weighted by molar-refractivity contribution is 0.0690. The van der Waals surface area contributed by atoms with E-state index in [9.17, 15) is 4.79 Å². The number of hydrogen-bond acceptors (Lipinski definition) is 4. The monoisotopic (exact) mass is 224 g/mol. The molecule has 2 rings (SSSR count). The van der Waals surface area contributed by atoms with E-state index in [4.69, 9.17) is 16.7 Å². The van der Waals surface area contributed by atoms with Crippen LogP contribution in [0.4, 0.5) is 0 Å². The normalized spacial score (nSPS) is 10.2. The van der Waals surface area contributed by atoms with Crippen molar-refractivity contribution >= 4 is 17.6 Å². The summed E-state index contributed by atoms with van der Waals surface area (Å²) in [4.78, 5) is 10.6. The Kier molecular flexibility index (Phi) is 2.34. The van der Waals surface area contributed by atoms with Crippen LogP contribution in [0.5, 0.6) is 0 Å². The maximum Gasteiger partial charge on any atom is 0.356 e. The molecular formula is C8H5ClN4O2. The van der Waals surface area contributed by atoms with Crippen LogP contribution in [0.15, 0.2) is 24.4 Å². The van der Waals surface area contributed by atoms with Gasteiger partial charge in [-0.05, 0) is 18.2 Å². The first-order valence-electron chi connectivity index (χ1n) is 3.95. The van der Waals surface area contributed by atoms with Crippen molar-refractivity contribution in [3.63, 3.8) is 0 Å². The third-order valence-electron chi connectivity index (χ3n) is 1.66. The van der Waals surface area contributed by atoms with Crippen LogP contribution in [0.2, 0.25) is 5.15 Å². The van der Waals surface area contributed by atoms with Gasteiger partial charge in [-0.1, -0.05) is 11.6 Å². The molecule has 0 spiro atoms. The van der Waals surface area contributed by atoms with E-state index in [1.54, 1.807) is 12.1 Å². The number of carboxylic acids is 1. The number of aromatic carboxylic acids is 1. The molecule has 0 saturated heterocycles. The Morgan fingerprint density at radius 3 is 2.67 bits per heavy atom. The zero-order valence-corrected chi connectivity index (χ0v) is 8.09. The Hall–Kier alpha value is -1.95. The fraction of sp³-hybridized carbons (Fsp3) is 0. The second kappa shape index (κ2) is 3.66. The van der Waals surface area contributed by atoms with Gasteiger partial charge in [-0.3, -0.25) is 0 Å². The first-order valence-corrected chi connectivity index (χ1v) is 4.33. The van der Waals surface area contributed by atoms with Gasteiger partial charge in [-0.15, -0.1) is 10.2 Å². The minimum atomic E-state index is -1.09. The zero-order valence-electron chi connectivity index (χ0n) is 7.33. The summed E-state index contributed by atoms with van der Waals surface area (Å²) in [5.74, 6) is -0.678. The molecular weight excluding hydrogens is 220 g/mol. The van der Waals surface area contributed by atoms with Gasteiger partial charge in [0.05, 0.1) is 0 Å². The molecule has 0 bridgehead atoms. The van der Waals surface area contributed by atoms with E-state index >= 15 is 0 Å². The Bertz CT molecular complexity index is 494. The predicted molar refractivity (Wildman–Crippen MR) is 51.1 cm³/mol. The van der Waals surface area contributed by atoms with Gasteiger partial charge in [-0.2, -0.15) is 5.10 Å². The van der Waals surface area contributed by atoms with Crippen molar-refractivity contribution in [1.29, 1.82) is 0 Å². The predicted octanol–water partition coefficient (Wildman–Crippen LogP) is 1.01. The third kappa shape index (κ3) is 1.94. The fourth-order valence-corrected chi connectivity index (χ4v) is 1.10. The minimum Gasteiger partial charge on any atom is -0.476 e. The van der Waals surface area contributed by atoms with Gasteiger partial charge in [0.25, 0.3) is 0 Å². The van der Waals surface area contributed by atoms with Crippen LogP contribution in [0.1, 0.15) is 10.5 Å². The number of carbonyl (C=O) groups is 1. The Labute approximate surface area is 89.1 Å². The standard InChI is InChI=1S/C8H5ClN4O2/c9-6-1-2-7(11-10-6)13-4-3-5(12-13)8(14)15/h1-4H,(H,14,15). The average molecular weight is 225 g/mol. The summed E-state index contributed by atoms with van der Waals surface area (Å²) < 4.78 is 1.31. The second-order valence-electron chi connectivity index (χ2n) is 2.66. The van der Waals surface area contributed by atoms with E-state index < -0.39 is 5.97 Å². The Balaban J connectivity index is 2.37. The molecule has 76 valence electrons. The van der Waals surface area contributed by atoms with Gasteiger partial charge in [0, 0.05) is 6.20 Å². The summed E-state index contributed by atoms with van der Waals surface area (Å²) in [6.07, 6.45) is 1.49. The van der Waals surface area contributed by atoms with Crippen LogP contribution in [-0.2, 0) is 0 Å². The molecule has 0 aliphatic carbocycles. The molecule has 2 aromatic rings. The zero-order chi connectivity index (χ0) is 10.8. The van der Waals surface area contributed by atoms with Crippen molar-refractivity contribution in [1.82, 2.24) is 20.0 Å². The number of nitrogens with zero attached hydrogens (tertiary/aromatic N) is 4. The first-order chi connectivity index (χ1) is 7.16. The maximum absolute atomic E-state index is 10.6. The third-order valence-corrected chi connectivity index (χ3v) is 1.86. The second-order valence-corrected chi connectivity index (χ2v) is 3.05. The molecule has 15 heavy (non-hydrogen) atoms. The van der Waals surface area contributed by atoms with Gasteiger partial charge in [-0.25, -0.2) is 9.48 Å². The smallest absolute Gasteiger partial charge is 0.356 e. The SMILES string of the molecule is O=C(O)c1ccn(-c2ccc(Cl)nn2)n1.